The van der Waals surface area contributed by atoms with Gasteiger partial charge in [0.1, 0.15) is 17.3 Å². The molecule has 4 heterocycles. The molecule has 3 aliphatic heterocycles. The van der Waals surface area contributed by atoms with Crippen LogP contribution in [0.25, 0.3) is 5.69 Å². The first-order valence-electron chi connectivity index (χ1n) is 12.4. The van der Waals surface area contributed by atoms with Gasteiger partial charge < -0.3 is 4.90 Å². The van der Waals surface area contributed by atoms with Gasteiger partial charge in [0, 0.05) is 36.6 Å². The minimum atomic E-state index is -4.93. The molecule has 7 nitrogen and oxygen atoms in total. The third-order valence-corrected chi connectivity index (χ3v) is 9.73. The molecule has 39 heavy (non-hydrogen) atoms. The van der Waals surface area contributed by atoms with Crippen LogP contribution in [0.4, 0.5) is 27.6 Å². The van der Waals surface area contributed by atoms with E-state index in [0.717, 1.165) is 11.3 Å². The summed E-state index contributed by atoms with van der Waals surface area (Å²) in [6.07, 6.45) is -4.15. The van der Waals surface area contributed by atoms with Crippen LogP contribution in [0.15, 0.2) is 30.3 Å². The second-order valence-electron chi connectivity index (χ2n) is 10.2. The van der Waals surface area contributed by atoms with Gasteiger partial charge in [0.05, 0.1) is 29.3 Å². The van der Waals surface area contributed by atoms with Gasteiger partial charge in [-0.2, -0.15) is 13.2 Å². The van der Waals surface area contributed by atoms with E-state index in [1.54, 1.807) is 6.07 Å². The van der Waals surface area contributed by atoms with Crippen molar-refractivity contribution in [3.63, 3.8) is 0 Å². The highest BCUT2D eigenvalue weighted by Gasteiger charge is 2.41. The Morgan fingerprint density at radius 2 is 1.69 bits per heavy atom. The largest absolute Gasteiger partial charge is 0.419 e. The number of halogens is 6. The summed E-state index contributed by atoms with van der Waals surface area (Å²) < 4.78 is 94.5. The second-order valence-corrected chi connectivity index (χ2v) is 12.8. The second kappa shape index (κ2) is 9.41. The van der Waals surface area contributed by atoms with E-state index < -0.39 is 38.9 Å². The maximum atomic E-state index is 14.8. The molecule has 0 spiro atoms. The number of nitrogens with zero attached hydrogens (tertiary/aromatic N) is 5. The number of alkyl halides is 3. The Labute approximate surface area is 226 Å². The lowest BCUT2D eigenvalue weighted by atomic mass is 9.94. The zero-order valence-electron chi connectivity index (χ0n) is 20.4. The van der Waals surface area contributed by atoms with E-state index in [4.69, 9.17) is 11.6 Å². The number of fused-ring (bicyclic) bond motifs is 3. The van der Waals surface area contributed by atoms with Crippen molar-refractivity contribution in [1.82, 2.24) is 19.7 Å². The van der Waals surface area contributed by atoms with Gasteiger partial charge in [-0.1, -0.05) is 11.6 Å². The van der Waals surface area contributed by atoms with Crippen molar-refractivity contribution in [2.24, 2.45) is 0 Å². The monoisotopic (exact) mass is 587 g/mol. The topological polar surface area (TPSA) is 71.3 Å². The van der Waals surface area contributed by atoms with E-state index in [1.165, 1.54) is 4.90 Å². The molecule has 0 amide bonds. The van der Waals surface area contributed by atoms with Crippen molar-refractivity contribution in [2.45, 2.75) is 44.1 Å². The Hall–Kier alpha value is -2.77. The number of sulfone groups is 1. The van der Waals surface area contributed by atoms with Crippen LogP contribution >= 0.6 is 11.6 Å². The van der Waals surface area contributed by atoms with Crippen LogP contribution in [0.2, 0.25) is 5.02 Å². The van der Waals surface area contributed by atoms with Gasteiger partial charge >= 0.3 is 6.18 Å². The Morgan fingerprint density at radius 3 is 2.36 bits per heavy atom. The Kier molecular flexibility index (Phi) is 6.38. The van der Waals surface area contributed by atoms with Gasteiger partial charge in [0.2, 0.25) is 0 Å². The highest BCUT2D eigenvalue weighted by molar-refractivity contribution is 7.92. The first-order valence-corrected chi connectivity index (χ1v) is 14.6. The third kappa shape index (κ3) is 4.78. The van der Waals surface area contributed by atoms with Crippen molar-refractivity contribution in [3.05, 3.63) is 69.8 Å². The van der Waals surface area contributed by atoms with Crippen LogP contribution in [0.5, 0.6) is 0 Å². The molecular formula is C25H23ClF5N5O2S. The molecule has 2 saturated heterocycles. The minimum absolute atomic E-state index is 0.0744. The number of anilines is 1. The molecule has 3 aromatic rings. The summed E-state index contributed by atoms with van der Waals surface area (Å²) in [6, 6.07) is 6.36. The summed E-state index contributed by atoms with van der Waals surface area (Å²) in [6.45, 7) is 1.10. The molecule has 2 fully saturated rings. The van der Waals surface area contributed by atoms with Gasteiger partial charge in [0.25, 0.3) is 0 Å². The Bertz CT molecular complexity index is 1540. The average molecular weight is 588 g/mol. The lowest BCUT2D eigenvalue weighted by molar-refractivity contribution is -0.139. The predicted molar refractivity (Wildman–Crippen MR) is 134 cm³/mol. The molecule has 208 valence electrons. The van der Waals surface area contributed by atoms with E-state index in [9.17, 15) is 30.4 Å². The lowest BCUT2D eigenvalue weighted by Gasteiger charge is -2.35. The number of hydrogen-bond acceptors (Lipinski definition) is 6. The van der Waals surface area contributed by atoms with Crippen molar-refractivity contribution in [2.75, 3.05) is 29.5 Å². The number of hydrogen-bond donors (Lipinski definition) is 0. The number of rotatable bonds is 3. The van der Waals surface area contributed by atoms with E-state index >= 15 is 0 Å². The summed E-state index contributed by atoms with van der Waals surface area (Å²) >= 11 is 6.29. The summed E-state index contributed by atoms with van der Waals surface area (Å²) in [5.74, 6) is -1.40. The summed E-state index contributed by atoms with van der Waals surface area (Å²) in [5, 5.41) is 9.40. The lowest BCUT2D eigenvalue weighted by Crippen LogP contribution is -2.52. The fourth-order valence-corrected chi connectivity index (χ4v) is 7.42. The summed E-state index contributed by atoms with van der Waals surface area (Å²) in [5.41, 5.74) is -0.467. The van der Waals surface area contributed by atoms with Crippen LogP contribution in [-0.4, -0.2) is 58.7 Å². The SMILES string of the molecule is O=S1(=O)CC(N2Cc3cc(Cl)ccc3-n3c(nnc3C3CCN(c4c(F)ccc(C(F)(F)F)c4F)CC3)C2)C1. The molecule has 0 atom stereocenters. The fraction of sp³-hybridized carbons (Fsp3) is 0.440. The zero-order valence-corrected chi connectivity index (χ0v) is 22.0. The Balaban J connectivity index is 1.29. The summed E-state index contributed by atoms with van der Waals surface area (Å²) in [7, 11) is -3.04. The minimum Gasteiger partial charge on any atom is -0.367 e. The molecular weight excluding hydrogens is 565 g/mol. The number of benzene rings is 2. The molecule has 0 radical (unpaired) electrons. The van der Waals surface area contributed by atoms with Crippen LogP contribution in [0.1, 0.15) is 41.5 Å². The standard InChI is InChI=1S/C25H23ClF5N5O2S/c26-16-1-4-20-15(9-16)10-35(17-12-39(37,38)13-17)11-21-32-33-24(36(20)21)14-5-7-34(8-6-14)23-19(27)3-2-18(22(23)28)25(29,30)31/h1-4,9,14,17H,5-8,10-13H2. The van der Waals surface area contributed by atoms with Crippen LogP contribution < -0.4 is 4.90 Å². The molecule has 0 aliphatic carbocycles. The molecule has 2 aromatic carbocycles. The Morgan fingerprint density at radius 1 is 0.974 bits per heavy atom. The smallest absolute Gasteiger partial charge is 0.367 e. The molecule has 0 unspecified atom stereocenters. The van der Waals surface area contributed by atoms with Gasteiger partial charge in [-0.05, 0) is 48.7 Å². The first kappa shape index (κ1) is 26.5. The van der Waals surface area contributed by atoms with Crippen molar-refractivity contribution >= 4 is 27.1 Å². The van der Waals surface area contributed by atoms with Gasteiger partial charge in [0.15, 0.2) is 21.5 Å². The number of aromatic nitrogens is 3. The molecule has 1 aromatic heterocycles. The third-order valence-electron chi connectivity index (χ3n) is 7.71. The van der Waals surface area contributed by atoms with Gasteiger partial charge in [-0.15, -0.1) is 10.2 Å². The maximum Gasteiger partial charge on any atom is 0.419 e. The molecule has 0 bridgehead atoms. The van der Waals surface area contributed by atoms with Crippen LogP contribution in [0.3, 0.4) is 0 Å². The van der Waals surface area contributed by atoms with Gasteiger partial charge in [-0.3, -0.25) is 9.47 Å². The van der Waals surface area contributed by atoms with Crippen molar-refractivity contribution in [1.29, 1.82) is 0 Å². The van der Waals surface area contributed by atoms with E-state index in [1.807, 2.05) is 16.7 Å². The average Bonchev–Trinajstić information content (AvgIpc) is 3.18. The van der Waals surface area contributed by atoms with E-state index in [2.05, 4.69) is 15.1 Å². The van der Waals surface area contributed by atoms with Crippen LogP contribution in [0, 0.1) is 11.6 Å². The molecule has 0 saturated carbocycles. The predicted octanol–water partition coefficient (Wildman–Crippen LogP) is 4.71. The molecule has 0 N–H and O–H groups in total. The normalized spacial score (nSPS) is 20.3. The highest BCUT2D eigenvalue weighted by Crippen LogP contribution is 2.40. The quantitative estimate of drug-likeness (QED) is 0.413. The molecule has 3 aliphatic rings. The maximum absolute atomic E-state index is 14.8. The molecule has 14 heteroatoms. The van der Waals surface area contributed by atoms with Gasteiger partial charge in [-0.25, -0.2) is 17.2 Å². The zero-order chi connectivity index (χ0) is 27.7. The van der Waals surface area contributed by atoms with Crippen molar-refractivity contribution in [3.8, 4) is 5.69 Å². The van der Waals surface area contributed by atoms with E-state index in [-0.39, 0.29) is 36.6 Å². The fourth-order valence-electron chi connectivity index (χ4n) is 5.73. The van der Waals surface area contributed by atoms with Crippen LogP contribution in [-0.2, 0) is 29.1 Å². The summed E-state index contributed by atoms with van der Waals surface area (Å²) in [4.78, 5) is 3.36. The van der Waals surface area contributed by atoms with Crippen molar-refractivity contribution < 1.29 is 30.4 Å². The first-order chi connectivity index (χ1) is 18.4. The highest BCUT2D eigenvalue weighted by atomic mass is 35.5. The molecule has 6 rings (SSSR count). The van der Waals surface area contributed by atoms with E-state index in [0.29, 0.717) is 54.7 Å². The number of piperidine rings is 1.